The SMILES string of the molecule is CCOc1ccc2c(n1)c(=O)c(C(N)=O)cn2Cc1cccc(CNC)c1. The second kappa shape index (κ2) is 8.01. The van der Waals surface area contributed by atoms with Gasteiger partial charge in [0.1, 0.15) is 11.1 Å². The average Bonchev–Trinajstić information content (AvgIpc) is 2.65. The predicted octanol–water partition coefficient (Wildman–Crippen LogP) is 1.66. The molecular formula is C20H22N4O3. The zero-order valence-electron chi connectivity index (χ0n) is 15.4. The summed E-state index contributed by atoms with van der Waals surface area (Å²) in [7, 11) is 1.89. The Morgan fingerprint density at radius 2 is 2.04 bits per heavy atom. The minimum absolute atomic E-state index is 0.0879. The Kier molecular flexibility index (Phi) is 5.52. The molecule has 0 aliphatic rings. The van der Waals surface area contributed by atoms with Crippen LogP contribution in [-0.2, 0) is 13.1 Å². The number of nitrogens with two attached hydrogens (primary N) is 1. The molecule has 1 aromatic carbocycles. The van der Waals surface area contributed by atoms with Gasteiger partial charge in [-0.2, -0.15) is 0 Å². The highest BCUT2D eigenvalue weighted by molar-refractivity contribution is 5.95. The summed E-state index contributed by atoms with van der Waals surface area (Å²) in [5, 5.41) is 3.12. The van der Waals surface area contributed by atoms with Gasteiger partial charge in [0.05, 0.1) is 12.1 Å². The lowest BCUT2D eigenvalue weighted by Crippen LogP contribution is -2.25. The highest BCUT2D eigenvalue weighted by Gasteiger charge is 2.15. The Bertz CT molecular complexity index is 1040. The Labute approximate surface area is 156 Å². The maximum absolute atomic E-state index is 12.6. The van der Waals surface area contributed by atoms with Crippen LogP contribution in [0.5, 0.6) is 5.88 Å². The van der Waals surface area contributed by atoms with Gasteiger partial charge in [0, 0.05) is 25.4 Å². The van der Waals surface area contributed by atoms with Gasteiger partial charge in [-0.1, -0.05) is 24.3 Å². The number of benzene rings is 1. The van der Waals surface area contributed by atoms with Crippen molar-refractivity contribution in [3.05, 3.63) is 69.5 Å². The molecule has 0 aliphatic carbocycles. The normalized spacial score (nSPS) is 10.9. The number of carbonyl (C=O) groups excluding carboxylic acids is 1. The summed E-state index contributed by atoms with van der Waals surface area (Å²) in [6.07, 6.45) is 1.50. The second-order valence-electron chi connectivity index (χ2n) is 6.16. The molecule has 7 nitrogen and oxygen atoms in total. The van der Waals surface area contributed by atoms with E-state index in [1.165, 1.54) is 6.20 Å². The van der Waals surface area contributed by atoms with Crippen molar-refractivity contribution in [2.75, 3.05) is 13.7 Å². The minimum atomic E-state index is -0.775. The van der Waals surface area contributed by atoms with E-state index >= 15 is 0 Å². The summed E-state index contributed by atoms with van der Waals surface area (Å²) < 4.78 is 7.21. The quantitative estimate of drug-likeness (QED) is 0.663. The van der Waals surface area contributed by atoms with Crippen molar-refractivity contribution in [2.45, 2.75) is 20.0 Å². The number of rotatable bonds is 7. The number of carbonyl (C=O) groups is 1. The average molecular weight is 366 g/mol. The van der Waals surface area contributed by atoms with Gasteiger partial charge < -0.3 is 20.4 Å². The molecule has 1 amide bonds. The van der Waals surface area contributed by atoms with E-state index < -0.39 is 11.3 Å². The lowest BCUT2D eigenvalue weighted by molar-refractivity contribution is 0.0998. The molecule has 0 bridgehead atoms. The molecular weight excluding hydrogens is 344 g/mol. The van der Waals surface area contributed by atoms with Crippen LogP contribution >= 0.6 is 0 Å². The number of fused-ring (bicyclic) bond motifs is 1. The lowest BCUT2D eigenvalue weighted by Gasteiger charge is -2.14. The number of ether oxygens (including phenoxy) is 1. The Morgan fingerprint density at radius 1 is 1.26 bits per heavy atom. The summed E-state index contributed by atoms with van der Waals surface area (Å²) in [4.78, 5) is 28.7. The maximum Gasteiger partial charge on any atom is 0.254 e. The van der Waals surface area contributed by atoms with E-state index in [0.717, 1.165) is 17.7 Å². The first-order chi connectivity index (χ1) is 13.0. The summed E-state index contributed by atoms with van der Waals surface area (Å²) in [6.45, 7) is 3.50. The van der Waals surface area contributed by atoms with E-state index in [4.69, 9.17) is 10.5 Å². The molecule has 0 unspecified atom stereocenters. The van der Waals surface area contributed by atoms with Gasteiger partial charge in [-0.05, 0) is 31.2 Å². The smallest absolute Gasteiger partial charge is 0.254 e. The molecule has 0 aliphatic heterocycles. The van der Waals surface area contributed by atoms with Crippen LogP contribution in [0.3, 0.4) is 0 Å². The fourth-order valence-corrected chi connectivity index (χ4v) is 3.02. The Hall–Kier alpha value is -3.19. The van der Waals surface area contributed by atoms with Crippen molar-refractivity contribution >= 4 is 16.9 Å². The number of aromatic nitrogens is 2. The maximum atomic E-state index is 12.6. The van der Waals surface area contributed by atoms with Crippen molar-refractivity contribution in [1.29, 1.82) is 0 Å². The summed E-state index contributed by atoms with van der Waals surface area (Å²) in [5.41, 5.74) is 7.81. The molecule has 0 spiro atoms. The highest BCUT2D eigenvalue weighted by Crippen LogP contribution is 2.17. The molecule has 140 valence electrons. The second-order valence-corrected chi connectivity index (χ2v) is 6.16. The highest BCUT2D eigenvalue weighted by atomic mass is 16.5. The largest absolute Gasteiger partial charge is 0.478 e. The van der Waals surface area contributed by atoms with Crippen LogP contribution in [0.2, 0.25) is 0 Å². The zero-order valence-corrected chi connectivity index (χ0v) is 15.4. The third-order valence-corrected chi connectivity index (χ3v) is 4.19. The van der Waals surface area contributed by atoms with Crippen LogP contribution in [0.15, 0.2) is 47.4 Å². The predicted molar refractivity (Wildman–Crippen MR) is 104 cm³/mol. The van der Waals surface area contributed by atoms with Gasteiger partial charge in [-0.25, -0.2) is 4.98 Å². The van der Waals surface area contributed by atoms with Gasteiger partial charge in [0.25, 0.3) is 5.91 Å². The van der Waals surface area contributed by atoms with Crippen LogP contribution in [0.1, 0.15) is 28.4 Å². The van der Waals surface area contributed by atoms with E-state index in [9.17, 15) is 9.59 Å². The molecule has 3 N–H and O–H groups in total. The first kappa shape index (κ1) is 18.6. The lowest BCUT2D eigenvalue weighted by atomic mass is 10.1. The van der Waals surface area contributed by atoms with E-state index in [2.05, 4.69) is 16.4 Å². The van der Waals surface area contributed by atoms with Crippen molar-refractivity contribution in [2.24, 2.45) is 5.73 Å². The monoisotopic (exact) mass is 366 g/mol. The number of hydrogen-bond donors (Lipinski definition) is 2. The summed E-state index contributed by atoms with van der Waals surface area (Å²) in [5.74, 6) is -0.436. The molecule has 0 saturated carbocycles. The third kappa shape index (κ3) is 3.98. The van der Waals surface area contributed by atoms with Crippen LogP contribution in [-0.4, -0.2) is 29.1 Å². The molecule has 3 aromatic rings. The summed E-state index contributed by atoms with van der Waals surface area (Å²) >= 11 is 0. The van der Waals surface area contributed by atoms with E-state index in [-0.39, 0.29) is 11.1 Å². The van der Waals surface area contributed by atoms with Gasteiger partial charge >= 0.3 is 0 Å². The Morgan fingerprint density at radius 3 is 2.74 bits per heavy atom. The van der Waals surface area contributed by atoms with Crippen molar-refractivity contribution in [3.8, 4) is 5.88 Å². The van der Waals surface area contributed by atoms with Crippen LogP contribution in [0, 0.1) is 0 Å². The van der Waals surface area contributed by atoms with E-state index in [0.29, 0.717) is 24.5 Å². The molecule has 2 heterocycles. The molecule has 0 saturated heterocycles. The number of hydrogen-bond acceptors (Lipinski definition) is 5. The van der Waals surface area contributed by atoms with Gasteiger partial charge in [-0.15, -0.1) is 0 Å². The number of pyridine rings is 2. The molecule has 7 heteroatoms. The first-order valence-corrected chi connectivity index (χ1v) is 8.72. The van der Waals surface area contributed by atoms with Crippen molar-refractivity contribution in [1.82, 2.24) is 14.9 Å². The first-order valence-electron chi connectivity index (χ1n) is 8.72. The fraction of sp³-hybridized carbons (Fsp3) is 0.250. The summed E-state index contributed by atoms with van der Waals surface area (Å²) in [6, 6.07) is 11.6. The third-order valence-electron chi connectivity index (χ3n) is 4.19. The van der Waals surface area contributed by atoms with Crippen molar-refractivity contribution in [3.63, 3.8) is 0 Å². The fourth-order valence-electron chi connectivity index (χ4n) is 3.02. The zero-order chi connectivity index (χ0) is 19.4. The number of amides is 1. The standard InChI is InChI=1S/C20H22N4O3/c1-3-27-17-8-7-16-18(23-17)19(25)15(20(21)26)12-24(16)11-14-6-4-5-13(9-14)10-22-2/h4-9,12,22H,3,10-11H2,1-2H3,(H2,21,26). The molecule has 0 radical (unpaired) electrons. The number of primary amides is 1. The van der Waals surface area contributed by atoms with Gasteiger partial charge in [-0.3, -0.25) is 9.59 Å². The Balaban J connectivity index is 2.13. The van der Waals surface area contributed by atoms with Crippen molar-refractivity contribution < 1.29 is 9.53 Å². The number of nitrogens with one attached hydrogen (secondary N) is 1. The number of nitrogens with zero attached hydrogens (tertiary/aromatic N) is 2. The minimum Gasteiger partial charge on any atom is -0.478 e. The van der Waals surface area contributed by atoms with Gasteiger partial charge in [0.15, 0.2) is 0 Å². The molecule has 3 rings (SSSR count). The molecule has 0 fully saturated rings. The molecule has 27 heavy (non-hydrogen) atoms. The van der Waals surface area contributed by atoms with Gasteiger partial charge in [0.2, 0.25) is 11.3 Å². The topological polar surface area (TPSA) is 99.2 Å². The molecule has 0 atom stereocenters. The van der Waals surface area contributed by atoms with E-state index in [1.807, 2.05) is 36.7 Å². The molecule has 2 aromatic heterocycles. The van der Waals surface area contributed by atoms with Crippen LogP contribution in [0.25, 0.3) is 11.0 Å². The van der Waals surface area contributed by atoms with E-state index in [1.54, 1.807) is 12.1 Å². The van der Waals surface area contributed by atoms with Crippen LogP contribution < -0.4 is 21.2 Å². The van der Waals surface area contributed by atoms with Crippen LogP contribution in [0.4, 0.5) is 0 Å².